The summed E-state index contributed by atoms with van der Waals surface area (Å²) in [5.74, 6) is 5.29. The van der Waals surface area contributed by atoms with Crippen LogP contribution in [0.2, 0.25) is 0 Å². The maximum absolute atomic E-state index is 6.98. The van der Waals surface area contributed by atoms with E-state index in [9.17, 15) is 0 Å². The van der Waals surface area contributed by atoms with E-state index in [1.54, 1.807) is 0 Å². The quantitative estimate of drug-likeness (QED) is 0.157. The predicted octanol–water partition coefficient (Wildman–Crippen LogP) is 11.4. The molecule has 7 heteroatoms. The average molecular weight is 823 g/mol. The molecule has 0 saturated carbocycles. The van der Waals surface area contributed by atoms with E-state index < -0.39 is 0 Å². The molecule has 0 N–H and O–H groups in total. The summed E-state index contributed by atoms with van der Waals surface area (Å²) < 4.78 is 14.0. The van der Waals surface area contributed by atoms with Crippen molar-refractivity contribution in [2.45, 2.75) is 77.5 Å². The molecule has 63 heavy (non-hydrogen) atoms. The molecule has 0 atom stereocenters. The van der Waals surface area contributed by atoms with Gasteiger partial charge in [0.2, 0.25) is 0 Å². The van der Waals surface area contributed by atoms with E-state index in [2.05, 4.69) is 223 Å². The normalized spacial score (nSPS) is 18.1. The second kappa shape index (κ2) is 13.8. The molecule has 0 radical (unpaired) electrons. The fourth-order valence-electron chi connectivity index (χ4n) is 9.99. The Kier molecular flexibility index (Phi) is 8.56. The van der Waals surface area contributed by atoms with Gasteiger partial charge in [0.15, 0.2) is 0 Å². The van der Waals surface area contributed by atoms with Gasteiger partial charge in [-0.25, -0.2) is 0 Å². The van der Waals surface area contributed by atoms with Gasteiger partial charge in [-0.1, -0.05) is 115 Å². The molecule has 0 spiro atoms. The molecule has 0 saturated heterocycles. The Hall–Kier alpha value is -6.86. The standard InChI is InChI=1S/C56H51BN4O2/c1-53(2)55(5,6)60(40-24-11-9-12-25-40)51(58-53)38-22-15-20-36(34-38)42-28-17-30-44-49(42)62-46-32-19-33-47-48(46)57(44)45-31-18-29-43(50(45)63-47)37-21-16-23-39(35-37)52-59-54(3,4)56(7,8)61(52)41-26-13-10-14-27-41/h9-35H,1-8H3. The topological polar surface area (TPSA) is 49.7 Å². The van der Waals surface area contributed by atoms with Gasteiger partial charge >= 0.3 is 0 Å². The van der Waals surface area contributed by atoms with Crippen LogP contribution >= 0.6 is 0 Å². The first-order chi connectivity index (χ1) is 30.2. The number of ether oxygens (including phenoxy) is 2. The Morgan fingerprint density at radius 3 is 1.22 bits per heavy atom. The Morgan fingerprint density at radius 2 is 0.794 bits per heavy atom. The molecule has 4 aliphatic rings. The third-order valence-corrected chi connectivity index (χ3v) is 14.7. The molecular weight excluding hydrogens is 771 g/mol. The first kappa shape index (κ1) is 39.0. The second-order valence-corrected chi connectivity index (χ2v) is 19.4. The molecule has 0 amide bonds. The summed E-state index contributed by atoms with van der Waals surface area (Å²) in [7, 11) is 0. The van der Waals surface area contributed by atoms with Gasteiger partial charge in [-0.15, -0.1) is 0 Å². The van der Waals surface area contributed by atoms with Crippen LogP contribution in [0.3, 0.4) is 0 Å². The molecule has 0 bridgehead atoms. The molecule has 4 heterocycles. The number of anilines is 2. The monoisotopic (exact) mass is 822 g/mol. The van der Waals surface area contributed by atoms with E-state index >= 15 is 0 Å². The van der Waals surface area contributed by atoms with Crippen molar-refractivity contribution in [1.82, 2.24) is 0 Å². The molecule has 0 fully saturated rings. The van der Waals surface area contributed by atoms with Crippen molar-refractivity contribution in [2.75, 3.05) is 9.80 Å². The van der Waals surface area contributed by atoms with E-state index in [1.807, 2.05) is 6.07 Å². The molecule has 4 aliphatic heterocycles. The fourth-order valence-corrected chi connectivity index (χ4v) is 9.99. The van der Waals surface area contributed by atoms with Crippen molar-refractivity contribution < 1.29 is 9.47 Å². The van der Waals surface area contributed by atoms with Gasteiger partial charge < -0.3 is 19.3 Å². The highest BCUT2D eigenvalue weighted by molar-refractivity contribution is 6.98. The van der Waals surface area contributed by atoms with Gasteiger partial charge in [0, 0.05) is 39.1 Å². The summed E-state index contributed by atoms with van der Waals surface area (Å²) >= 11 is 0. The van der Waals surface area contributed by atoms with Crippen molar-refractivity contribution in [3.05, 3.63) is 175 Å². The number of benzene rings is 7. The summed E-state index contributed by atoms with van der Waals surface area (Å²) in [6.07, 6.45) is 0. The predicted molar refractivity (Wildman–Crippen MR) is 262 cm³/mol. The van der Waals surface area contributed by atoms with Crippen LogP contribution in [0.15, 0.2) is 174 Å². The Morgan fingerprint density at radius 1 is 0.413 bits per heavy atom. The smallest absolute Gasteiger partial charge is 0.260 e. The third-order valence-electron chi connectivity index (χ3n) is 14.7. The van der Waals surface area contributed by atoms with Crippen LogP contribution in [0.1, 0.15) is 66.5 Å². The number of hydrogen-bond acceptors (Lipinski definition) is 6. The zero-order valence-corrected chi connectivity index (χ0v) is 37.3. The molecule has 0 aromatic heterocycles. The SMILES string of the molecule is CC1(C)N=C(c2cccc(-c3cccc4c3Oc3cccc5c3B4c3cccc(-c4cccc(C6=NC(C)(C)C(C)(C)N6c6ccccc6)c4)c3O5)c2)N(c2ccccc2)C1(C)C. The number of hydrogen-bond donors (Lipinski definition) is 0. The molecular formula is C56H51BN4O2. The van der Waals surface area contributed by atoms with Crippen molar-refractivity contribution in [1.29, 1.82) is 0 Å². The first-order valence-corrected chi connectivity index (χ1v) is 22.1. The van der Waals surface area contributed by atoms with Crippen molar-refractivity contribution in [3.63, 3.8) is 0 Å². The second-order valence-electron chi connectivity index (χ2n) is 19.4. The van der Waals surface area contributed by atoms with Crippen molar-refractivity contribution >= 4 is 46.1 Å². The Balaban J connectivity index is 1.01. The van der Waals surface area contributed by atoms with Crippen LogP contribution in [-0.4, -0.2) is 40.5 Å². The average Bonchev–Trinajstić information content (AvgIpc) is 3.61. The summed E-state index contributed by atoms with van der Waals surface area (Å²) in [4.78, 5) is 15.6. The summed E-state index contributed by atoms with van der Waals surface area (Å²) in [6.45, 7) is 18.0. The van der Waals surface area contributed by atoms with Crippen LogP contribution < -0.4 is 35.7 Å². The van der Waals surface area contributed by atoms with Gasteiger partial charge in [-0.2, -0.15) is 0 Å². The van der Waals surface area contributed by atoms with Gasteiger partial charge in [0.25, 0.3) is 6.71 Å². The Bertz CT molecular complexity index is 2840. The van der Waals surface area contributed by atoms with Crippen LogP contribution in [0.4, 0.5) is 11.4 Å². The maximum atomic E-state index is 6.98. The lowest BCUT2D eigenvalue weighted by molar-refractivity contribution is 0.338. The minimum absolute atomic E-state index is 0.0984. The zero-order valence-electron chi connectivity index (χ0n) is 37.3. The highest BCUT2D eigenvalue weighted by Crippen LogP contribution is 2.46. The third kappa shape index (κ3) is 5.85. The fraction of sp³-hybridized carbons (Fsp3) is 0.214. The van der Waals surface area contributed by atoms with Gasteiger partial charge in [-0.3, -0.25) is 9.98 Å². The maximum Gasteiger partial charge on any atom is 0.260 e. The number of fused-ring (bicyclic) bond motifs is 4. The highest BCUT2D eigenvalue weighted by Gasteiger charge is 2.51. The zero-order chi connectivity index (χ0) is 43.5. The minimum atomic E-state index is -0.317. The molecule has 310 valence electrons. The molecule has 0 aliphatic carbocycles. The van der Waals surface area contributed by atoms with E-state index in [0.717, 1.165) is 95.8 Å². The highest BCUT2D eigenvalue weighted by atomic mass is 16.5. The minimum Gasteiger partial charge on any atom is -0.458 e. The number of amidine groups is 2. The van der Waals surface area contributed by atoms with Crippen LogP contribution in [0.25, 0.3) is 22.3 Å². The number of aliphatic imine (C=N–C) groups is 2. The number of nitrogens with zero attached hydrogens (tertiary/aromatic N) is 4. The van der Waals surface area contributed by atoms with Crippen LogP contribution in [0, 0.1) is 0 Å². The summed E-state index contributed by atoms with van der Waals surface area (Å²) in [5, 5.41) is 0. The van der Waals surface area contributed by atoms with E-state index in [4.69, 9.17) is 19.5 Å². The van der Waals surface area contributed by atoms with Gasteiger partial charge in [0.05, 0.1) is 22.2 Å². The van der Waals surface area contributed by atoms with Gasteiger partial charge in [0.1, 0.15) is 34.7 Å². The molecule has 7 aromatic rings. The van der Waals surface area contributed by atoms with E-state index in [0.29, 0.717) is 0 Å². The van der Waals surface area contributed by atoms with Crippen LogP contribution in [0.5, 0.6) is 23.0 Å². The number of para-hydroxylation sites is 4. The lowest BCUT2D eigenvalue weighted by Gasteiger charge is -2.41. The van der Waals surface area contributed by atoms with Crippen LogP contribution in [-0.2, 0) is 0 Å². The van der Waals surface area contributed by atoms with E-state index in [-0.39, 0.29) is 28.9 Å². The lowest BCUT2D eigenvalue weighted by Crippen LogP contribution is -2.57. The van der Waals surface area contributed by atoms with Gasteiger partial charge in [-0.05, 0) is 126 Å². The molecule has 11 rings (SSSR count). The summed E-state index contributed by atoms with van der Waals surface area (Å²) in [5.41, 5.74) is 10.8. The molecule has 7 aromatic carbocycles. The molecule has 6 nitrogen and oxygen atoms in total. The largest absolute Gasteiger partial charge is 0.458 e. The summed E-state index contributed by atoms with van der Waals surface area (Å²) in [6, 6.07) is 58.1. The van der Waals surface area contributed by atoms with Crippen molar-refractivity contribution in [2.24, 2.45) is 9.98 Å². The Labute approximate surface area is 371 Å². The van der Waals surface area contributed by atoms with Crippen molar-refractivity contribution in [3.8, 4) is 45.3 Å². The first-order valence-electron chi connectivity index (χ1n) is 22.1. The molecule has 0 unspecified atom stereocenters. The lowest BCUT2D eigenvalue weighted by atomic mass is 9.34. The van der Waals surface area contributed by atoms with E-state index in [1.165, 1.54) is 0 Å². The number of rotatable bonds is 6.